The molecule has 0 bridgehead atoms. The average Bonchev–Trinajstić information content (AvgIpc) is 2.75. The van der Waals surface area contributed by atoms with E-state index in [4.69, 9.17) is 0 Å². The van der Waals surface area contributed by atoms with Crippen molar-refractivity contribution in [3.63, 3.8) is 0 Å². The van der Waals surface area contributed by atoms with Gasteiger partial charge < -0.3 is 0 Å². The summed E-state index contributed by atoms with van der Waals surface area (Å²) in [6.07, 6.45) is 32.0. The molecule has 1 N–H and O–H groups in total. The molecular formula is C28H61O2PSn. The zero-order valence-electron chi connectivity index (χ0n) is 22.5. The Morgan fingerprint density at radius 3 is 1.09 bits per heavy atom. The van der Waals surface area contributed by atoms with Crippen LogP contribution < -0.4 is 0 Å². The van der Waals surface area contributed by atoms with Crippen LogP contribution in [0.1, 0.15) is 149 Å². The summed E-state index contributed by atoms with van der Waals surface area (Å²) in [4.78, 5) is 11.2. The Morgan fingerprint density at radius 1 is 0.500 bits per heavy atom. The van der Waals surface area contributed by atoms with Gasteiger partial charge in [0.05, 0.1) is 0 Å². The second-order valence-electron chi connectivity index (χ2n) is 10.3. The van der Waals surface area contributed by atoms with E-state index in [0.29, 0.717) is 6.42 Å². The molecule has 0 unspecified atom stereocenters. The minimum absolute atomic E-state index is 0. The molecule has 0 saturated carbocycles. The summed E-state index contributed by atoms with van der Waals surface area (Å²) in [5, 5.41) is 9.22. The summed E-state index contributed by atoms with van der Waals surface area (Å²) < 4.78 is 0. The zero-order valence-corrected chi connectivity index (χ0v) is 27.6. The van der Waals surface area contributed by atoms with E-state index in [1.165, 1.54) is 140 Å². The van der Waals surface area contributed by atoms with Crippen molar-refractivity contribution in [2.45, 2.75) is 149 Å². The molecule has 2 radical (unpaired) electrons. The van der Waals surface area contributed by atoms with Gasteiger partial charge in [-0.25, -0.2) is 0 Å². The van der Waals surface area contributed by atoms with E-state index in [1.54, 1.807) is 0 Å². The molecule has 0 aromatic carbocycles. The van der Waals surface area contributed by atoms with Crippen LogP contribution in [0.3, 0.4) is 0 Å². The van der Waals surface area contributed by atoms with Crippen LogP contribution in [0.4, 0.5) is 0 Å². The fourth-order valence-corrected chi connectivity index (χ4v) is 10.6. The van der Waals surface area contributed by atoms with Crippen LogP contribution in [-0.4, -0.2) is 59.6 Å². The topological polar surface area (TPSA) is 37.3 Å². The van der Waals surface area contributed by atoms with Gasteiger partial charge in [-0.05, 0) is 0 Å². The summed E-state index contributed by atoms with van der Waals surface area (Å²) in [5.74, 6) is -0.596. The van der Waals surface area contributed by atoms with Crippen LogP contribution >= 0.6 is 7.26 Å². The van der Waals surface area contributed by atoms with Gasteiger partial charge in [0.2, 0.25) is 0 Å². The number of hydrogen-bond donors (Lipinski definition) is 1. The first kappa shape index (κ1) is 34.9. The molecular weight excluding hydrogens is 518 g/mol. The number of carbonyl (C=O) groups is 1. The van der Waals surface area contributed by atoms with Gasteiger partial charge in [0.15, 0.2) is 0 Å². The Hall–Kier alpha value is 0.699. The summed E-state index contributed by atoms with van der Waals surface area (Å²) in [6.45, 7) is 6.88. The monoisotopic (exact) mass is 580 g/mol. The number of carboxylic acids is 1. The summed E-state index contributed by atoms with van der Waals surface area (Å²) >= 11 is 0. The second-order valence-corrected chi connectivity index (χ2v) is 15.3. The van der Waals surface area contributed by atoms with Gasteiger partial charge >= 0.3 is 221 Å². The average molecular weight is 579 g/mol. The summed E-state index contributed by atoms with van der Waals surface area (Å²) in [6, 6.07) is 0. The molecule has 0 aromatic rings. The third-order valence-electron chi connectivity index (χ3n) is 7.28. The molecule has 0 saturated heterocycles. The van der Waals surface area contributed by atoms with Crippen LogP contribution in [0, 0.1) is 0 Å². The first-order valence-electron chi connectivity index (χ1n) is 14.3. The molecule has 0 aliphatic carbocycles. The third kappa shape index (κ3) is 22.5. The molecule has 0 aliphatic rings. The molecule has 0 aliphatic heterocycles. The van der Waals surface area contributed by atoms with Crippen molar-refractivity contribution < 1.29 is 9.90 Å². The van der Waals surface area contributed by atoms with Crippen LogP contribution in [-0.2, 0) is 4.79 Å². The first-order chi connectivity index (χ1) is 15.1. The quantitative estimate of drug-likeness (QED) is 0.0667. The van der Waals surface area contributed by atoms with Crippen molar-refractivity contribution in [1.29, 1.82) is 0 Å². The molecule has 0 atom stereocenters. The van der Waals surface area contributed by atoms with Gasteiger partial charge in [-0.3, -0.25) is 0 Å². The SMILES string of the molecule is CCCCCCCC[PH](CCCCCCCC)(CCCCCCCC)CCCC(=O)O.[SnH2]. The Morgan fingerprint density at radius 2 is 0.781 bits per heavy atom. The molecule has 0 fully saturated rings. The molecule has 0 amide bonds. The fourth-order valence-electron chi connectivity index (χ4n) is 5.21. The fraction of sp³-hybridized carbons (Fsp3) is 0.964. The molecule has 0 heterocycles. The molecule has 0 spiro atoms. The van der Waals surface area contributed by atoms with Crippen molar-refractivity contribution in [1.82, 2.24) is 0 Å². The predicted molar refractivity (Wildman–Crippen MR) is 153 cm³/mol. The Balaban J connectivity index is 0. The van der Waals surface area contributed by atoms with E-state index < -0.39 is 13.2 Å². The van der Waals surface area contributed by atoms with Gasteiger partial charge in [0.25, 0.3) is 0 Å². The maximum absolute atomic E-state index is 11.2. The molecule has 2 nitrogen and oxygen atoms in total. The summed E-state index contributed by atoms with van der Waals surface area (Å²) in [7, 11) is -1.33. The van der Waals surface area contributed by atoms with Gasteiger partial charge in [-0.2, -0.15) is 0 Å². The molecule has 32 heavy (non-hydrogen) atoms. The first-order valence-corrected chi connectivity index (χ1v) is 17.1. The van der Waals surface area contributed by atoms with Crippen LogP contribution in [0.5, 0.6) is 0 Å². The van der Waals surface area contributed by atoms with E-state index in [9.17, 15) is 9.90 Å². The Bertz CT molecular complexity index is 349. The predicted octanol–water partition coefficient (Wildman–Crippen LogP) is 8.77. The van der Waals surface area contributed by atoms with E-state index in [2.05, 4.69) is 20.8 Å². The Labute approximate surface area is 220 Å². The van der Waals surface area contributed by atoms with Crippen molar-refractivity contribution in [2.24, 2.45) is 0 Å². The van der Waals surface area contributed by atoms with Gasteiger partial charge in [0.1, 0.15) is 0 Å². The summed E-state index contributed by atoms with van der Waals surface area (Å²) in [5.41, 5.74) is 0. The zero-order chi connectivity index (χ0) is 23.0. The number of hydrogen-bond acceptors (Lipinski definition) is 1. The third-order valence-corrected chi connectivity index (χ3v) is 12.9. The van der Waals surface area contributed by atoms with Crippen molar-refractivity contribution >= 4 is 37.1 Å². The van der Waals surface area contributed by atoms with Crippen molar-refractivity contribution in [3.05, 3.63) is 0 Å². The molecule has 0 rings (SSSR count). The van der Waals surface area contributed by atoms with Gasteiger partial charge in [-0.1, -0.05) is 0 Å². The van der Waals surface area contributed by atoms with Crippen LogP contribution in [0.2, 0.25) is 0 Å². The van der Waals surface area contributed by atoms with Crippen molar-refractivity contribution in [2.75, 3.05) is 24.6 Å². The number of unbranched alkanes of at least 4 members (excludes halogenated alkanes) is 15. The van der Waals surface area contributed by atoms with Crippen molar-refractivity contribution in [3.8, 4) is 0 Å². The van der Waals surface area contributed by atoms with Crippen LogP contribution in [0.25, 0.3) is 0 Å². The van der Waals surface area contributed by atoms with Crippen LogP contribution in [0.15, 0.2) is 0 Å². The standard InChI is InChI=1S/C28H59O2P.Sn.2H/c1-4-7-10-13-16-19-24-31(27-22-23-28(29)30,25-20-17-14-11-8-5-2)26-21-18-15-12-9-6-3;;;/h31H,4-27H2,1-3H3,(H,29,30);;;. The normalized spacial score (nSPS) is 12.0. The Kier molecular flexibility index (Phi) is 28.7. The van der Waals surface area contributed by atoms with Gasteiger partial charge in [0, 0.05) is 0 Å². The molecule has 4 heteroatoms. The van der Waals surface area contributed by atoms with E-state index in [1.807, 2.05) is 0 Å². The number of carboxylic acid groups (broad SMARTS) is 1. The van der Waals surface area contributed by atoms with Gasteiger partial charge in [-0.15, -0.1) is 0 Å². The minimum atomic E-state index is -1.33. The van der Waals surface area contributed by atoms with E-state index in [0.717, 1.165) is 6.42 Å². The molecule has 194 valence electrons. The number of rotatable bonds is 25. The maximum atomic E-state index is 11.2. The molecule has 0 aromatic heterocycles. The second kappa shape index (κ2) is 26.3. The van der Waals surface area contributed by atoms with E-state index in [-0.39, 0.29) is 23.9 Å². The van der Waals surface area contributed by atoms with E-state index >= 15 is 0 Å². The number of aliphatic carboxylic acids is 1.